The first-order valence-corrected chi connectivity index (χ1v) is 10.1. The number of fused-ring (bicyclic) bond motifs is 2. The quantitative estimate of drug-likeness (QED) is 0.825. The van der Waals surface area contributed by atoms with Crippen molar-refractivity contribution in [3.8, 4) is 5.75 Å². The molecule has 1 spiro atoms. The Bertz CT molecular complexity index is 628. The minimum atomic E-state index is 0.0818. The monoisotopic (exact) mass is 342 g/mol. The normalized spacial score (nSPS) is 33.0. The van der Waals surface area contributed by atoms with Crippen molar-refractivity contribution in [3.05, 3.63) is 29.3 Å². The van der Waals surface area contributed by atoms with Crippen LogP contribution in [-0.2, 0) is 17.7 Å². The standard InChI is InChI=1S/C21H30N2O2/c1-2-7-23-8-6-21(15-19(23)3-1)14-18-13-17(4-5-20(18)25-21)16-22-9-11-24-12-10-22/h4-5,13,19H,1-3,6-12,14-16H2/t19-,21-/m0/s1. The lowest BCUT2D eigenvalue weighted by atomic mass is 9.80. The molecule has 0 amide bonds. The molecule has 4 heteroatoms. The molecular formula is C21H30N2O2. The largest absolute Gasteiger partial charge is 0.487 e. The van der Waals surface area contributed by atoms with E-state index in [2.05, 4.69) is 28.0 Å². The van der Waals surface area contributed by atoms with E-state index in [1.165, 1.54) is 56.3 Å². The van der Waals surface area contributed by atoms with E-state index in [-0.39, 0.29) is 5.60 Å². The third-order valence-electron chi connectivity index (χ3n) is 6.69. The second kappa shape index (κ2) is 6.57. The summed E-state index contributed by atoms with van der Waals surface area (Å²) in [5.41, 5.74) is 2.95. The Balaban J connectivity index is 1.28. The molecule has 4 heterocycles. The summed E-state index contributed by atoms with van der Waals surface area (Å²) in [4.78, 5) is 5.21. The molecule has 3 fully saturated rings. The highest BCUT2D eigenvalue weighted by atomic mass is 16.5. The fraction of sp³-hybridized carbons (Fsp3) is 0.714. The third-order valence-corrected chi connectivity index (χ3v) is 6.69. The predicted octanol–water partition coefficient (Wildman–Crippen LogP) is 2.84. The molecule has 0 radical (unpaired) electrons. The molecule has 0 saturated carbocycles. The first-order chi connectivity index (χ1) is 12.3. The van der Waals surface area contributed by atoms with Crippen molar-refractivity contribution >= 4 is 0 Å². The van der Waals surface area contributed by atoms with E-state index in [1.807, 2.05) is 0 Å². The molecule has 136 valence electrons. The van der Waals surface area contributed by atoms with E-state index in [0.717, 1.165) is 51.1 Å². The summed E-state index contributed by atoms with van der Waals surface area (Å²) in [7, 11) is 0. The van der Waals surface area contributed by atoms with Gasteiger partial charge in [0, 0.05) is 51.5 Å². The fourth-order valence-electron chi connectivity index (χ4n) is 5.32. The summed E-state index contributed by atoms with van der Waals surface area (Å²) in [6, 6.07) is 7.66. The van der Waals surface area contributed by atoms with Crippen LogP contribution in [0.1, 0.15) is 43.2 Å². The Hall–Kier alpha value is -1.10. The van der Waals surface area contributed by atoms with Crippen LogP contribution in [0.3, 0.4) is 0 Å². The predicted molar refractivity (Wildman–Crippen MR) is 98.0 cm³/mol. The molecule has 2 atom stereocenters. The third kappa shape index (κ3) is 3.20. The van der Waals surface area contributed by atoms with Gasteiger partial charge in [-0.3, -0.25) is 4.90 Å². The lowest BCUT2D eigenvalue weighted by Crippen LogP contribution is -2.54. The van der Waals surface area contributed by atoms with E-state index in [1.54, 1.807) is 0 Å². The first-order valence-electron chi connectivity index (χ1n) is 10.1. The number of ether oxygens (including phenoxy) is 2. The molecule has 3 saturated heterocycles. The molecule has 0 aromatic heterocycles. The molecular weight excluding hydrogens is 312 g/mol. The lowest BCUT2D eigenvalue weighted by Gasteiger charge is -2.46. The van der Waals surface area contributed by atoms with Gasteiger partial charge in [-0.25, -0.2) is 0 Å². The number of piperidine rings is 2. The minimum Gasteiger partial charge on any atom is -0.487 e. The minimum absolute atomic E-state index is 0.0818. The van der Waals surface area contributed by atoms with Gasteiger partial charge in [-0.1, -0.05) is 18.6 Å². The zero-order valence-electron chi connectivity index (χ0n) is 15.2. The van der Waals surface area contributed by atoms with Crippen molar-refractivity contribution in [2.24, 2.45) is 0 Å². The highest BCUT2D eigenvalue weighted by molar-refractivity contribution is 5.42. The SMILES string of the molecule is c1cc2c(cc1CN1CCOCC1)C[C@]1(CCN3CCCC[C@H]3C1)O2. The molecule has 5 rings (SSSR count). The van der Waals surface area contributed by atoms with Crippen molar-refractivity contribution in [2.45, 2.75) is 56.7 Å². The van der Waals surface area contributed by atoms with Crippen LogP contribution in [0.4, 0.5) is 0 Å². The maximum Gasteiger partial charge on any atom is 0.123 e. The van der Waals surface area contributed by atoms with Gasteiger partial charge in [-0.15, -0.1) is 0 Å². The van der Waals surface area contributed by atoms with Crippen LogP contribution in [-0.4, -0.2) is 60.8 Å². The van der Waals surface area contributed by atoms with Gasteiger partial charge in [-0.2, -0.15) is 0 Å². The van der Waals surface area contributed by atoms with Gasteiger partial charge in [0.2, 0.25) is 0 Å². The summed E-state index contributed by atoms with van der Waals surface area (Å²) in [6.45, 7) is 7.41. The van der Waals surface area contributed by atoms with E-state index in [9.17, 15) is 0 Å². The highest BCUT2D eigenvalue weighted by Gasteiger charge is 2.46. The molecule has 0 N–H and O–H groups in total. The van der Waals surface area contributed by atoms with Crippen molar-refractivity contribution in [1.29, 1.82) is 0 Å². The Kier molecular flexibility index (Phi) is 4.23. The number of benzene rings is 1. The zero-order valence-corrected chi connectivity index (χ0v) is 15.2. The Labute approximate surface area is 151 Å². The van der Waals surface area contributed by atoms with Crippen LogP contribution in [0.2, 0.25) is 0 Å². The van der Waals surface area contributed by atoms with E-state index in [4.69, 9.17) is 9.47 Å². The number of rotatable bonds is 2. The molecule has 1 aromatic rings. The average Bonchev–Trinajstić information content (AvgIpc) is 2.99. The fourth-order valence-corrected chi connectivity index (χ4v) is 5.32. The smallest absolute Gasteiger partial charge is 0.123 e. The lowest BCUT2D eigenvalue weighted by molar-refractivity contribution is -0.0249. The van der Waals surface area contributed by atoms with Gasteiger partial charge in [0.05, 0.1) is 13.2 Å². The van der Waals surface area contributed by atoms with E-state index >= 15 is 0 Å². The van der Waals surface area contributed by atoms with E-state index < -0.39 is 0 Å². The van der Waals surface area contributed by atoms with Crippen LogP contribution in [0.5, 0.6) is 5.75 Å². The summed E-state index contributed by atoms with van der Waals surface area (Å²) in [6.07, 6.45) is 7.67. The van der Waals surface area contributed by atoms with Crippen LogP contribution in [0.25, 0.3) is 0 Å². The number of hydrogen-bond donors (Lipinski definition) is 0. The van der Waals surface area contributed by atoms with Crippen molar-refractivity contribution in [2.75, 3.05) is 39.4 Å². The summed E-state index contributed by atoms with van der Waals surface area (Å²) >= 11 is 0. The molecule has 0 unspecified atom stereocenters. The van der Waals surface area contributed by atoms with Crippen molar-refractivity contribution in [3.63, 3.8) is 0 Å². The van der Waals surface area contributed by atoms with Gasteiger partial charge in [0.1, 0.15) is 11.4 Å². The highest BCUT2D eigenvalue weighted by Crippen LogP contribution is 2.44. The van der Waals surface area contributed by atoms with Gasteiger partial charge in [0.25, 0.3) is 0 Å². The van der Waals surface area contributed by atoms with Crippen molar-refractivity contribution < 1.29 is 9.47 Å². The maximum atomic E-state index is 6.57. The zero-order chi connectivity index (χ0) is 16.7. The second-order valence-corrected chi connectivity index (χ2v) is 8.43. The Morgan fingerprint density at radius 2 is 2.00 bits per heavy atom. The summed E-state index contributed by atoms with van der Waals surface area (Å²) < 4.78 is 12.0. The molecule has 1 aromatic carbocycles. The second-order valence-electron chi connectivity index (χ2n) is 8.43. The molecule has 0 aliphatic carbocycles. The number of nitrogens with zero attached hydrogens (tertiary/aromatic N) is 2. The first kappa shape index (κ1) is 16.1. The van der Waals surface area contributed by atoms with Gasteiger partial charge >= 0.3 is 0 Å². The summed E-state index contributed by atoms with van der Waals surface area (Å²) in [5.74, 6) is 1.15. The van der Waals surface area contributed by atoms with Crippen molar-refractivity contribution in [1.82, 2.24) is 9.80 Å². The van der Waals surface area contributed by atoms with Crippen LogP contribution < -0.4 is 4.74 Å². The Morgan fingerprint density at radius 3 is 2.92 bits per heavy atom. The topological polar surface area (TPSA) is 24.9 Å². The number of morpholine rings is 1. The molecule has 25 heavy (non-hydrogen) atoms. The van der Waals surface area contributed by atoms with Crippen LogP contribution >= 0.6 is 0 Å². The number of hydrogen-bond acceptors (Lipinski definition) is 4. The maximum absolute atomic E-state index is 6.57. The molecule has 4 aliphatic heterocycles. The van der Waals surface area contributed by atoms with Gasteiger partial charge < -0.3 is 14.4 Å². The Morgan fingerprint density at radius 1 is 1.08 bits per heavy atom. The van der Waals surface area contributed by atoms with Crippen LogP contribution in [0.15, 0.2) is 18.2 Å². The van der Waals surface area contributed by atoms with Gasteiger partial charge in [-0.05, 0) is 36.6 Å². The average molecular weight is 342 g/mol. The molecule has 4 nitrogen and oxygen atoms in total. The molecule has 4 aliphatic rings. The van der Waals surface area contributed by atoms with Crippen LogP contribution in [0, 0.1) is 0 Å². The summed E-state index contributed by atoms with van der Waals surface area (Å²) in [5, 5.41) is 0. The van der Waals surface area contributed by atoms with Gasteiger partial charge in [0.15, 0.2) is 0 Å². The molecule has 0 bridgehead atoms. The van der Waals surface area contributed by atoms with E-state index in [0.29, 0.717) is 0 Å².